The van der Waals surface area contributed by atoms with Gasteiger partial charge in [0.1, 0.15) is 18.1 Å². The van der Waals surface area contributed by atoms with E-state index in [-0.39, 0.29) is 65.1 Å². The molecule has 0 radical (unpaired) electrons. The van der Waals surface area contributed by atoms with E-state index in [0.29, 0.717) is 19.5 Å². The lowest BCUT2D eigenvalue weighted by atomic mass is 9.84. The first-order valence-electron chi connectivity index (χ1n) is 13.0. The van der Waals surface area contributed by atoms with Crippen LogP contribution in [-0.2, 0) is 19.2 Å². The smallest absolute Gasteiger partial charge is 0.246 e. The Hall–Kier alpha value is -2.63. The molecule has 36 heavy (non-hydrogen) atoms. The van der Waals surface area contributed by atoms with Gasteiger partial charge in [0.05, 0.1) is 6.07 Å². The minimum Gasteiger partial charge on any atom is -0.356 e. The molecule has 3 fully saturated rings. The Morgan fingerprint density at radius 1 is 1.17 bits per heavy atom. The first-order chi connectivity index (χ1) is 16.5. The van der Waals surface area contributed by atoms with Gasteiger partial charge < -0.3 is 20.9 Å². The maximum Gasteiger partial charge on any atom is 0.246 e. The highest BCUT2D eigenvalue weighted by molar-refractivity contribution is 5.94. The predicted octanol–water partition coefficient (Wildman–Crippen LogP) is 1.97. The van der Waals surface area contributed by atoms with Crippen LogP contribution >= 0.6 is 0 Å². The summed E-state index contributed by atoms with van der Waals surface area (Å²) in [5, 5.41) is 18.2. The van der Waals surface area contributed by atoms with E-state index >= 15 is 0 Å². The zero-order chi connectivity index (χ0) is 27.2. The summed E-state index contributed by atoms with van der Waals surface area (Å²) in [6, 6.07) is -0.185. The molecule has 9 nitrogen and oxygen atoms in total. The van der Waals surface area contributed by atoms with Crippen molar-refractivity contribution in [2.45, 2.75) is 92.8 Å². The standard InChI is InChI=1S/C27H43N5O4/c1-25(2,3)12-18(33)31-21(26(4,5)6)24(36)32-14-17-19(27(17,7)8)20(32)23(35)30-16(13-28)11-15-9-10-29-22(15)34/h15-17,19-21H,9-12,14H2,1-8H3,(H,29,34)(H,30,35)(H,31,33)/t15-,16?,17-,19-,20-,21?/m0/s1. The third kappa shape index (κ3) is 5.84. The maximum absolute atomic E-state index is 13.9. The number of piperidine rings is 1. The minimum absolute atomic E-state index is 0.0125. The SMILES string of the molecule is CC(C)(C)CC(=O)NC(C(=O)N1C[C@H]2[C@@H]([C@H]1C(=O)NC(C#N)C[C@@H]1CCNC1=O)C2(C)C)C(C)(C)C. The lowest BCUT2D eigenvalue weighted by molar-refractivity contribution is -0.146. The molecule has 0 aromatic carbocycles. The average molecular weight is 502 g/mol. The van der Waals surface area contributed by atoms with Crippen LogP contribution < -0.4 is 16.0 Å². The quantitative estimate of drug-likeness (QED) is 0.491. The van der Waals surface area contributed by atoms with Crippen molar-refractivity contribution in [2.24, 2.45) is 34.0 Å². The van der Waals surface area contributed by atoms with E-state index in [2.05, 4.69) is 35.9 Å². The van der Waals surface area contributed by atoms with Crippen LogP contribution in [0.25, 0.3) is 0 Å². The second-order valence-corrected chi connectivity index (χ2v) is 13.7. The number of rotatable bonds is 7. The fraction of sp³-hybridized carbons (Fsp3) is 0.815. The minimum atomic E-state index is -0.811. The third-order valence-corrected chi connectivity index (χ3v) is 8.02. The molecule has 2 unspecified atom stereocenters. The van der Waals surface area contributed by atoms with Crippen LogP contribution in [0.3, 0.4) is 0 Å². The van der Waals surface area contributed by atoms with Crippen molar-refractivity contribution in [1.29, 1.82) is 5.26 Å². The molecular formula is C27H43N5O4. The summed E-state index contributed by atoms with van der Waals surface area (Å²) in [4.78, 5) is 53.8. The van der Waals surface area contributed by atoms with E-state index in [1.807, 2.05) is 41.5 Å². The van der Waals surface area contributed by atoms with E-state index in [4.69, 9.17) is 0 Å². The van der Waals surface area contributed by atoms with Gasteiger partial charge in [-0.25, -0.2) is 0 Å². The third-order valence-electron chi connectivity index (χ3n) is 8.02. The summed E-state index contributed by atoms with van der Waals surface area (Å²) in [6.45, 7) is 16.8. The van der Waals surface area contributed by atoms with E-state index in [0.717, 1.165) is 0 Å². The van der Waals surface area contributed by atoms with E-state index in [9.17, 15) is 24.4 Å². The molecule has 3 N–H and O–H groups in total. The van der Waals surface area contributed by atoms with Crippen molar-refractivity contribution >= 4 is 23.6 Å². The largest absolute Gasteiger partial charge is 0.356 e. The zero-order valence-electron chi connectivity index (χ0n) is 23.0. The van der Waals surface area contributed by atoms with Crippen LogP contribution in [-0.4, -0.2) is 59.7 Å². The Balaban J connectivity index is 1.79. The second kappa shape index (κ2) is 9.68. The Kier molecular flexibility index (Phi) is 7.51. The van der Waals surface area contributed by atoms with Gasteiger partial charge in [0.25, 0.3) is 0 Å². The van der Waals surface area contributed by atoms with Crippen molar-refractivity contribution in [1.82, 2.24) is 20.9 Å². The number of nitrogens with zero attached hydrogens (tertiary/aromatic N) is 2. The van der Waals surface area contributed by atoms with Gasteiger partial charge in [0.15, 0.2) is 0 Å². The molecule has 3 aliphatic rings. The number of fused-ring (bicyclic) bond motifs is 1. The highest BCUT2D eigenvalue weighted by Gasteiger charge is 2.69. The van der Waals surface area contributed by atoms with Crippen LogP contribution in [0.4, 0.5) is 0 Å². The van der Waals surface area contributed by atoms with Gasteiger partial charge in [-0.15, -0.1) is 0 Å². The zero-order valence-corrected chi connectivity index (χ0v) is 23.0. The summed E-state index contributed by atoms with van der Waals surface area (Å²) in [5.74, 6) is -1.04. The van der Waals surface area contributed by atoms with Gasteiger partial charge in [-0.1, -0.05) is 55.4 Å². The number of carbonyl (C=O) groups is 4. The molecule has 0 aromatic heterocycles. The number of hydrogen-bond acceptors (Lipinski definition) is 5. The topological polar surface area (TPSA) is 131 Å². The molecule has 4 amide bonds. The average Bonchev–Trinajstić information content (AvgIpc) is 3.08. The summed E-state index contributed by atoms with van der Waals surface area (Å²) < 4.78 is 0. The lowest BCUT2D eigenvalue weighted by Gasteiger charge is -2.38. The van der Waals surface area contributed by atoms with E-state index in [1.54, 1.807) is 4.90 Å². The van der Waals surface area contributed by atoms with Crippen molar-refractivity contribution in [3.8, 4) is 6.07 Å². The molecule has 1 saturated carbocycles. The normalized spacial score (nSPS) is 28.4. The molecule has 6 atom stereocenters. The highest BCUT2D eigenvalue weighted by Crippen LogP contribution is 2.65. The van der Waals surface area contributed by atoms with Crippen molar-refractivity contribution in [3.05, 3.63) is 0 Å². The number of carbonyl (C=O) groups excluding carboxylic acids is 4. The van der Waals surface area contributed by atoms with Crippen molar-refractivity contribution in [2.75, 3.05) is 13.1 Å². The van der Waals surface area contributed by atoms with Crippen molar-refractivity contribution < 1.29 is 19.2 Å². The predicted molar refractivity (Wildman–Crippen MR) is 135 cm³/mol. The monoisotopic (exact) mass is 501 g/mol. The Morgan fingerprint density at radius 3 is 2.31 bits per heavy atom. The fourth-order valence-electron chi connectivity index (χ4n) is 5.88. The summed E-state index contributed by atoms with van der Waals surface area (Å²) >= 11 is 0. The van der Waals surface area contributed by atoms with Gasteiger partial charge in [0, 0.05) is 25.4 Å². The molecule has 2 saturated heterocycles. The van der Waals surface area contributed by atoms with Gasteiger partial charge in [-0.05, 0) is 40.9 Å². The molecule has 3 rings (SSSR count). The highest BCUT2D eigenvalue weighted by atomic mass is 16.2. The van der Waals surface area contributed by atoms with Crippen LogP contribution in [0.15, 0.2) is 0 Å². The number of nitrogens with one attached hydrogen (secondary N) is 3. The van der Waals surface area contributed by atoms with Gasteiger partial charge in [0.2, 0.25) is 23.6 Å². The van der Waals surface area contributed by atoms with Crippen LogP contribution in [0.1, 0.15) is 74.7 Å². The number of likely N-dealkylation sites (tertiary alicyclic amines) is 1. The molecule has 9 heteroatoms. The fourth-order valence-corrected chi connectivity index (χ4v) is 5.88. The molecule has 0 bridgehead atoms. The Labute approximate surface area is 215 Å². The van der Waals surface area contributed by atoms with Gasteiger partial charge >= 0.3 is 0 Å². The number of nitriles is 1. The van der Waals surface area contributed by atoms with Crippen LogP contribution in [0, 0.1) is 45.3 Å². The van der Waals surface area contributed by atoms with Crippen molar-refractivity contribution in [3.63, 3.8) is 0 Å². The van der Waals surface area contributed by atoms with Gasteiger partial charge in [-0.2, -0.15) is 5.26 Å². The first kappa shape index (κ1) is 27.9. The molecular weight excluding hydrogens is 458 g/mol. The van der Waals surface area contributed by atoms with Crippen LogP contribution in [0.5, 0.6) is 0 Å². The van der Waals surface area contributed by atoms with Gasteiger partial charge in [-0.3, -0.25) is 19.2 Å². The summed E-state index contributed by atoms with van der Waals surface area (Å²) in [7, 11) is 0. The lowest BCUT2D eigenvalue weighted by Crippen LogP contribution is -2.60. The number of amides is 4. The molecule has 2 heterocycles. The Morgan fingerprint density at radius 2 is 1.81 bits per heavy atom. The second-order valence-electron chi connectivity index (χ2n) is 13.7. The Bertz CT molecular complexity index is 955. The molecule has 0 spiro atoms. The van der Waals surface area contributed by atoms with E-state index < -0.39 is 23.5 Å². The first-order valence-corrected chi connectivity index (χ1v) is 13.0. The summed E-state index contributed by atoms with van der Waals surface area (Å²) in [6.07, 6.45) is 1.17. The summed E-state index contributed by atoms with van der Waals surface area (Å²) in [5.41, 5.74) is -0.863. The maximum atomic E-state index is 13.9. The molecule has 1 aliphatic carbocycles. The van der Waals surface area contributed by atoms with E-state index in [1.165, 1.54) is 0 Å². The molecule has 200 valence electrons. The molecule has 0 aromatic rings. The molecule has 2 aliphatic heterocycles. The number of hydrogen-bond donors (Lipinski definition) is 3. The van der Waals surface area contributed by atoms with Crippen LogP contribution in [0.2, 0.25) is 0 Å².